The largest absolute Gasteiger partial charge is 0.392 e. The molecule has 0 aromatic rings. The van der Waals surface area contributed by atoms with Crippen molar-refractivity contribution in [2.75, 3.05) is 32.8 Å². The van der Waals surface area contributed by atoms with Crippen molar-refractivity contribution in [3.8, 4) is 0 Å². The zero-order chi connectivity index (χ0) is 10.4. The fraction of sp³-hybridized carbons (Fsp3) is 1.00. The fourth-order valence-corrected chi connectivity index (χ4v) is 1.71. The SMILES string of the molecule is CCOC(CN1CC[C@@H](O)C1)OCC. The summed E-state index contributed by atoms with van der Waals surface area (Å²) in [4.78, 5) is 2.18. The van der Waals surface area contributed by atoms with Crippen LogP contribution < -0.4 is 0 Å². The average molecular weight is 203 g/mol. The van der Waals surface area contributed by atoms with Gasteiger partial charge in [-0.05, 0) is 20.3 Å². The van der Waals surface area contributed by atoms with Gasteiger partial charge in [0.25, 0.3) is 0 Å². The maximum atomic E-state index is 9.35. The second-order valence-corrected chi connectivity index (χ2v) is 3.54. The Bertz CT molecular complexity index is 148. The van der Waals surface area contributed by atoms with Gasteiger partial charge in [0.15, 0.2) is 6.29 Å². The molecule has 0 bridgehead atoms. The van der Waals surface area contributed by atoms with E-state index in [9.17, 15) is 5.11 Å². The summed E-state index contributed by atoms with van der Waals surface area (Å²) in [6, 6.07) is 0. The minimum atomic E-state index is -0.168. The highest BCUT2D eigenvalue weighted by molar-refractivity contribution is 4.74. The van der Waals surface area contributed by atoms with Crippen LogP contribution in [-0.2, 0) is 9.47 Å². The van der Waals surface area contributed by atoms with Gasteiger partial charge in [0.1, 0.15) is 0 Å². The Morgan fingerprint density at radius 2 is 2.00 bits per heavy atom. The molecule has 0 amide bonds. The van der Waals surface area contributed by atoms with Crippen molar-refractivity contribution in [2.24, 2.45) is 0 Å². The van der Waals surface area contributed by atoms with Crippen molar-refractivity contribution >= 4 is 0 Å². The Hall–Kier alpha value is -0.160. The minimum Gasteiger partial charge on any atom is -0.392 e. The van der Waals surface area contributed by atoms with E-state index in [4.69, 9.17) is 9.47 Å². The van der Waals surface area contributed by atoms with Crippen molar-refractivity contribution in [3.05, 3.63) is 0 Å². The molecule has 1 rings (SSSR count). The zero-order valence-corrected chi connectivity index (χ0v) is 9.11. The molecule has 4 heteroatoms. The summed E-state index contributed by atoms with van der Waals surface area (Å²) in [6.07, 6.45) is 0.555. The average Bonchev–Trinajstić information content (AvgIpc) is 2.52. The lowest BCUT2D eigenvalue weighted by Crippen LogP contribution is -2.34. The van der Waals surface area contributed by atoms with Gasteiger partial charge in [0, 0.05) is 32.8 Å². The highest BCUT2D eigenvalue weighted by atomic mass is 16.7. The van der Waals surface area contributed by atoms with Crippen molar-refractivity contribution in [3.63, 3.8) is 0 Å². The maximum Gasteiger partial charge on any atom is 0.170 e. The Balaban J connectivity index is 2.24. The summed E-state index contributed by atoms with van der Waals surface area (Å²) in [5.41, 5.74) is 0. The monoisotopic (exact) mass is 203 g/mol. The van der Waals surface area contributed by atoms with Gasteiger partial charge in [-0.15, -0.1) is 0 Å². The van der Waals surface area contributed by atoms with Crippen LogP contribution in [0.5, 0.6) is 0 Å². The molecule has 1 N–H and O–H groups in total. The van der Waals surface area contributed by atoms with Gasteiger partial charge >= 0.3 is 0 Å². The van der Waals surface area contributed by atoms with E-state index in [-0.39, 0.29) is 12.4 Å². The number of nitrogens with zero attached hydrogens (tertiary/aromatic N) is 1. The summed E-state index contributed by atoms with van der Waals surface area (Å²) >= 11 is 0. The van der Waals surface area contributed by atoms with Gasteiger partial charge in [0.2, 0.25) is 0 Å². The lowest BCUT2D eigenvalue weighted by atomic mass is 10.3. The van der Waals surface area contributed by atoms with Crippen LogP contribution in [0.4, 0.5) is 0 Å². The van der Waals surface area contributed by atoms with E-state index >= 15 is 0 Å². The Morgan fingerprint density at radius 1 is 1.36 bits per heavy atom. The highest BCUT2D eigenvalue weighted by Gasteiger charge is 2.23. The lowest BCUT2D eigenvalue weighted by molar-refractivity contribution is -0.145. The van der Waals surface area contributed by atoms with E-state index in [0.717, 1.165) is 26.1 Å². The molecule has 1 saturated heterocycles. The Labute approximate surface area is 85.8 Å². The normalized spacial score (nSPS) is 23.6. The first kappa shape index (κ1) is 11.9. The van der Waals surface area contributed by atoms with E-state index in [1.165, 1.54) is 0 Å². The first-order valence-electron chi connectivity index (χ1n) is 5.39. The van der Waals surface area contributed by atoms with Crippen molar-refractivity contribution in [1.82, 2.24) is 4.90 Å². The predicted molar refractivity (Wildman–Crippen MR) is 54.1 cm³/mol. The van der Waals surface area contributed by atoms with E-state index in [0.29, 0.717) is 13.2 Å². The van der Waals surface area contributed by atoms with Crippen LogP contribution in [0.1, 0.15) is 20.3 Å². The number of ether oxygens (including phenoxy) is 2. The molecule has 1 fully saturated rings. The summed E-state index contributed by atoms with van der Waals surface area (Å²) in [7, 11) is 0. The second kappa shape index (κ2) is 6.35. The summed E-state index contributed by atoms with van der Waals surface area (Å²) in [5, 5.41) is 9.35. The molecule has 1 heterocycles. The third-order valence-corrected chi connectivity index (χ3v) is 2.36. The van der Waals surface area contributed by atoms with Crippen LogP contribution in [-0.4, -0.2) is 55.2 Å². The number of likely N-dealkylation sites (tertiary alicyclic amines) is 1. The molecule has 14 heavy (non-hydrogen) atoms. The number of aliphatic hydroxyl groups excluding tert-OH is 1. The number of hydrogen-bond acceptors (Lipinski definition) is 4. The smallest absolute Gasteiger partial charge is 0.170 e. The first-order valence-corrected chi connectivity index (χ1v) is 5.39. The Kier molecular flexibility index (Phi) is 5.40. The molecule has 0 aromatic heterocycles. The van der Waals surface area contributed by atoms with Crippen LogP contribution in [0.25, 0.3) is 0 Å². The molecule has 1 aliphatic rings. The molecule has 0 radical (unpaired) electrons. The molecular weight excluding hydrogens is 182 g/mol. The highest BCUT2D eigenvalue weighted by Crippen LogP contribution is 2.10. The predicted octanol–water partition coefficient (Wildman–Crippen LogP) is 0.452. The van der Waals surface area contributed by atoms with Gasteiger partial charge in [-0.1, -0.05) is 0 Å². The number of β-amino-alcohol motifs (C(OH)–C–C–N with tert-alkyl or cyclic N) is 1. The third-order valence-electron chi connectivity index (χ3n) is 2.36. The van der Waals surface area contributed by atoms with Gasteiger partial charge in [0.05, 0.1) is 6.10 Å². The third kappa shape index (κ3) is 3.92. The van der Waals surface area contributed by atoms with Gasteiger partial charge in [-0.3, -0.25) is 4.90 Å². The van der Waals surface area contributed by atoms with E-state index < -0.39 is 0 Å². The summed E-state index contributed by atoms with van der Waals surface area (Å²) in [5.74, 6) is 0. The molecule has 0 unspecified atom stereocenters. The maximum absolute atomic E-state index is 9.35. The Morgan fingerprint density at radius 3 is 2.43 bits per heavy atom. The van der Waals surface area contributed by atoms with Gasteiger partial charge < -0.3 is 14.6 Å². The van der Waals surface area contributed by atoms with Gasteiger partial charge in [-0.25, -0.2) is 0 Å². The minimum absolute atomic E-state index is 0.143. The molecule has 0 aromatic carbocycles. The number of hydrogen-bond donors (Lipinski definition) is 1. The topological polar surface area (TPSA) is 41.9 Å². The van der Waals surface area contributed by atoms with E-state index in [2.05, 4.69) is 4.90 Å². The number of rotatable bonds is 6. The molecule has 0 aliphatic carbocycles. The standard InChI is InChI=1S/C10H21NO3/c1-3-13-10(14-4-2)8-11-6-5-9(12)7-11/h9-10,12H,3-8H2,1-2H3/t9-/m1/s1. The molecule has 0 spiro atoms. The summed E-state index contributed by atoms with van der Waals surface area (Å²) in [6.45, 7) is 7.71. The molecule has 84 valence electrons. The summed E-state index contributed by atoms with van der Waals surface area (Å²) < 4.78 is 10.9. The van der Waals surface area contributed by atoms with Crippen LogP contribution >= 0.6 is 0 Å². The number of aliphatic hydroxyl groups is 1. The van der Waals surface area contributed by atoms with Crippen molar-refractivity contribution < 1.29 is 14.6 Å². The zero-order valence-electron chi connectivity index (χ0n) is 9.11. The molecule has 0 saturated carbocycles. The second-order valence-electron chi connectivity index (χ2n) is 3.54. The van der Waals surface area contributed by atoms with Crippen LogP contribution in [0.3, 0.4) is 0 Å². The van der Waals surface area contributed by atoms with Crippen LogP contribution in [0.2, 0.25) is 0 Å². The molecular formula is C10H21NO3. The van der Waals surface area contributed by atoms with Crippen molar-refractivity contribution in [1.29, 1.82) is 0 Å². The molecule has 1 aliphatic heterocycles. The van der Waals surface area contributed by atoms with Gasteiger partial charge in [-0.2, -0.15) is 0 Å². The molecule has 4 nitrogen and oxygen atoms in total. The van der Waals surface area contributed by atoms with E-state index in [1.807, 2.05) is 13.8 Å². The lowest BCUT2D eigenvalue weighted by Gasteiger charge is -2.22. The molecule has 1 atom stereocenters. The first-order chi connectivity index (χ1) is 6.76. The van der Waals surface area contributed by atoms with Crippen LogP contribution in [0.15, 0.2) is 0 Å². The fourth-order valence-electron chi connectivity index (χ4n) is 1.71. The van der Waals surface area contributed by atoms with Crippen LogP contribution in [0, 0.1) is 0 Å². The van der Waals surface area contributed by atoms with Crippen molar-refractivity contribution in [2.45, 2.75) is 32.7 Å². The van der Waals surface area contributed by atoms with E-state index in [1.54, 1.807) is 0 Å². The quantitative estimate of drug-likeness (QED) is 0.637.